The Balaban J connectivity index is 1.77. The van der Waals surface area contributed by atoms with Crippen LogP contribution in [0.25, 0.3) is 27.5 Å². The smallest absolute Gasteiger partial charge is 0.251 e. The molecule has 0 unspecified atom stereocenters. The number of nitrogens with two attached hydrogens (primary N) is 1. The first-order valence-corrected chi connectivity index (χ1v) is 9.45. The third-order valence-electron chi connectivity index (χ3n) is 5.38. The van der Waals surface area contributed by atoms with Crippen LogP contribution in [0.3, 0.4) is 0 Å². The fourth-order valence-electron chi connectivity index (χ4n) is 3.95. The van der Waals surface area contributed by atoms with Gasteiger partial charge >= 0.3 is 0 Å². The van der Waals surface area contributed by atoms with Crippen molar-refractivity contribution in [3.05, 3.63) is 66.2 Å². The lowest BCUT2D eigenvalue weighted by Gasteiger charge is -2.29. The molecule has 1 saturated heterocycles. The molecule has 0 aliphatic carbocycles. The van der Waals surface area contributed by atoms with E-state index in [-0.39, 0.29) is 5.82 Å². The van der Waals surface area contributed by atoms with Crippen LogP contribution in [-0.4, -0.2) is 41.8 Å². The molecule has 1 aromatic heterocycles. The summed E-state index contributed by atoms with van der Waals surface area (Å²) in [6.07, 6.45) is 1.65. The fraction of sp³-hybridized carbons (Fsp3) is 0.182. The van der Waals surface area contributed by atoms with Gasteiger partial charge in [0.15, 0.2) is 0 Å². The van der Waals surface area contributed by atoms with E-state index in [0.29, 0.717) is 29.7 Å². The zero-order valence-corrected chi connectivity index (χ0v) is 15.6. The molecule has 3 aromatic carbocycles. The number of ether oxygens (including phenoxy) is 1. The monoisotopic (exact) mass is 390 g/mol. The van der Waals surface area contributed by atoms with Crippen LogP contribution >= 0.6 is 0 Å². The van der Waals surface area contributed by atoms with E-state index in [1.165, 1.54) is 6.07 Å². The van der Waals surface area contributed by atoms with Crippen LogP contribution in [-0.2, 0) is 4.74 Å². The average molecular weight is 390 g/mol. The van der Waals surface area contributed by atoms with E-state index in [1.54, 1.807) is 24.5 Å². The van der Waals surface area contributed by atoms with E-state index in [2.05, 4.69) is 9.88 Å². The van der Waals surface area contributed by atoms with Gasteiger partial charge in [-0.2, -0.15) is 0 Å². The summed E-state index contributed by atoms with van der Waals surface area (Å²) >= 11 is 0. The Bertz CT molecular complexity index is 1240. The molecule has 0 bridgehead atoms. The number of morpholine rings is 1. The van der Waals surface area contributed by atoms with Crippen molar-refractivity contribution in [2.45, 2.75) is 0 Å². The van der Waals surface area contributed by atoms with E-state index >= 15 is 0 Å². The Hall–Kier alpha value is -3.45. The Labute approximate surface area is 166 Å². The minimum absolute atomic E-state index is 0.277. The highest BCUT2D eigenvalue weighted by Crippen LogP contribution is 2.31. The largest absolute Gasteiger partial charge is 0.378 e. The van der Waals surface area contributed by atoms with Gasteiger partial charge in [-0.25, -0.2) is 9.37 Å². The molecule has 1 aliphatic heterocycles. The van der Waals surface area contributed by atoms with Crippen LogP contribution in [0.15, 0.2) is 54.9 Å². The van der Waals surface area contributed by atoms with Gasteiger partial charge in [0.1, 0.15) is 17.7 Å². The van der Waals surface area contributed by atoms with Crippen molar-refractivity contribution in [2.24, 2.45) is 5.73 Å². The summed E-state index contributed by atoms with van der Waals surface area (Å²) in [6, 6.07) is 14.3. The minimum Gasteiger partial charge on any atom is -0.378 e. The Morgan fingerprint density at radius 3 is 2.62 bits per heavy atom. The van der Waals surface area contributed by atoms with Gasteiger partial charge in [0.05, 0.1) is 30.0 Å². The fourth-order valence-corrected chi connectivity index (χ4v) is 3.95. The number of nitrogens with zero attached hydrogens (tertiary/aromatic N) is 3. The van der Waals surface area contributed by atoms with Crippen LogP contribution in [0.5, 0.6) is 0 Å². The minimum atomic E-state index is -0.528. The molecule has 29 heavy (non-hydrogen) atoms. The summed E-state index contributed by atoms with van der Waals surface area (Å²) < 4.78 is 21.6. The van der Waals surface area contributed by atoms with Crippen molar-refractivity contribution in [3.63, 3.8) is 0 Å². The number of primary amides is 1. The Morgan fingerprint density at radius 1 is 1.07 bits per heavy atom. The number of aromatic nitrogens is 2. The molecule has 1 aliphatic rings. The number of carbonyl (C=O) groups excluding carboxylic acids is 1. The molecule has 146 valence electrons. The van der Waals surface area contributed by atoms with Crippen molar-refractivity contribution < 1.29 is 13.9 Å². The molecule has 0 saturated carbocycles. The van der Waals surface area contributed by atoms with Crippen LogP contribution < -0.4 is 10.6 Å². The number of hydrogen-bond acceptors (Lipinski definition) is 4. The zero-order valence-electron chi connectivity index (χ0n) is 15.6. The van der Waals surface area contributed by atoms with Crippen molar-refractivity contribution in [2.75, 3.05) is 31.2 Å². The lowest BCUT2D eigenvalue weighted by atomic mass is 10.1. The van der Waals surface area contributed by atoms with Gasteiger partial charge in [0.25, 0.3) is 5.91 Å². The number of rotatable bonds is 3. The molecule has 2 N–H and O–H groups in total. The van der Waals surface area contributed by atoms with Gasteiger partial charge in [-0.05, 0) is 24.3 Å². The second-order valence-corrected chi connectivity index (χ2v) is 7.05. The molecule has 7 heteroatoms. The zero-order chi connectivity index (χ0) is 20.0. The van der Waals surface area contributed by atoms with Crippen LogP contribution in [0, 0.1) is 5.82 Å². The molecule has 5 rings (SSSR count). The first-order valence-electron chi connectivity index (χ1n) is 9.45. The van der Waals surface area contributed by atoms with Gasteiger partial charge in [-0.15, -0.1) is 0 Å². The first kappa shape index (κ1) is 17.6. The summed E-state index contributed by atoms with van der Waals surface area (Å²) in [7, 11) is 0. The van der Waals surface area contributed by atoms with Crippen molar-refractivity contribution in [1.29, 1.82) is 0 Å². The SMILES string of the molecule is NC(=O)c1cc(N2CCOCC2)cc2c1ncn2-c1cccc2c(F)cccc12. The number of benzene rings is 3. The highest BCUT2D eigenvalue weighted by Gasteiger charge is 2.19. The molecule has 1 fully saturated rings. The molecule has 6 nitrogen and oxygen atoms in total. The van der Waals surface area contributed by atoms with Crippen molar-refractivity contribution in [3.8, 4) is 5.69 Å². The molecule has 2 heterocycles. The molecule has 1 amide bonds. The van der Waals surface area contributed by atoms with Crippen molar-refractivity contribution in [1.82, 2.24) is 9.55 Å². The number of halogens is 1. The van der Waals surface area contributed by atoms with E-state index in [4.69, 9.17) is 10.5 Å². The van der Waals surface area contributed by atoms with Gasteiger partial charge in [-0.3, -0.25) is 9.36 Å². The van der Waals surface area contributed by atoms with E-state index in [1.807, 2.05) is 28.8 Å². The van der Waals surface area contributed by atoms with Gasteiger partial charge in [0, 0.05) is 29.5 Å². The van der Waals surface area contributed by atoms with Gasteiger partial charge < -0.3 is 15.4 Å². The molecular weight excluding hydrogens is 371 g/mol. The lowest BCUT2D eigenvalue weighted by Crippen LogP contribution is -2.36. The van der Waals surface area contributed by atoms with E-state index in [9.17, 15) is 9.18 Å². The number of amides is 1. The summed E-state index contributed by atoms with van der Waals surface area (Å²) in [6.45, 7) is 2.73. The molecule has 0 atom stereocenters. The first-order chi connectivity index (χ1) is 14.1. The number of anilines is 1. The predicted molar refractivity (Wildman–Crippen MR) is 110 cm³/mol. The summed E-state index contributed by atoms with van der Waals surface area (Å²) in [4.78, 5) is 18.8. The quantitative estimate of drug-likeness (QED) is 0.583. The lowest BCUT2D eigenvalue weighted by molar-refractivity contribution is 0.100. The average Bonchev–Trinajstić information content (AvgIpc) is 3.17. The molecule has 0 radical (unpaired) electrons. The molecular formula is C22H19FN4O2. The third kappa shape index (κ3) is 2.91. The summed E-state index contributed by atoms with van der Waals surface area (Å²) in [5.74, 6) is -0.806. The topological polar surface area (TPSA) is 73.4 Å². The van der Waals surface area contributed by atoms with E-state index in [0.717, 1.165) is 35.4 Å². The van der Waals surface area contributed by atoms with Crippen LogP contribution in [0.4, 0.5) is 10.1 Å². The normalized spacial score (nSPS) is 14.6. The Morgan fingerprint density at radius 2 is 1.83 bits per heavy atom. The van der Waals surface area contributed by atoms with Gasteiger partial charge in [-0.1, -0.05) is 24.3 Å². The predicted octanol–water partition coefficient (Wildman–Crippen LogP) is 3.25. The van der Waals surface area contributed by atoms with Crippen LogP contribution in [0.1, 0.15) is 10.4 Å². The molecule has 0 spiro atoms. The summed E-state index contributed by atoms with van der Waals surface area (Å²) in [5, 5.41) is 1.30. The highest BCUT2D eigenvalue weighted by molar-refractivity contribution is 6.06. The number of carbonyl (C=O) groups is 1. The number of fused-ring (bicyclic) bond motifs is 2. The maximum absolute atomic E-state index is 14.3. The maximum Gasteiger partial charge on any atom is 0.251 e. The van der Waals surface area contributed by atoms with E-state index < -0.39 is 5.91 Å². The molecule has 4 aromatic rings. The number of hydrogen-bond donors (Lipinski definition) is 1. The highest BCUT2D eigenvalue weighted by atomic mass is 19.1. The standard InChI is InChI=1S/C22H19FN4O2/c23-18-5-1-4-16-15(18)3-2-6-19(16)27-13-25-21-17(22(24)28)11-14(12-20(21)27)26-7-9-29-10-8-26/h1-6,11-13H,7-10H2,(H2,24,28). The summed E-state index contributed by atoms with van der Waals surface area (Å²) in [5.41, 5.74) is 8.99. The second kappa shape index (κ2) is 6.86. The van der Waals surface area contributed by atoms with Crippen molar-refractivity contribution >= 4 is 33.4 Å². The number of imidazole rings is 1. The second-order valence-electron chi connectivity index (χ2n) is 7.05. The maximum atomic E-state index is 14.3. The van der Waals surface area contributed by atoms with Crippen LogP contribution in [0.2, 0.25) is 0 Å². The van der Waals surface area contributed by atoms with Gasteiger partial charge in [0.2, 0.25) is 0 Å². The Kier molecular flexibility index (Phi) is 4.17. The third-order valence-corrected chi connectivity index (χ3v) is 5.38.